The van der Waals surface area contributed by atoms with Gasteiger partial charge in [0, 0.05) is 6.21 Å². The van der Waals surface area contributed by atoms with Gasteiger partial charge in [-0.25, -0.2) is 5.01 Å². The first kappa shape index (κ1) is 9.49. The Morgan fingerprint density at radius 1 is 1.29 bits per heavy atom. The third kappa shape index (κ3) is 1.61. The van der Waals surface area contributed by atoms with Crippen molar-refractivity contribution in [3.05, 3.63) is 28.2 Å². The number of anilines is 1. The Bertz CT molecular complexity index is 417. The molecule has 1 aliphatic heterocycles. The van der Waals surface area contributed by atoms with Gasteiger partial charge in [0.1, 0.15) is 0 Å². The van der Waals surface area contributed by atoms with Crippen molar-refractivity contribution in [2.24, 2.45) is 5.10 Å². The molecule has 1 aromatic rings. The molecule has 0 aliphatic carbocycles. The van der Waals surface area contributed by atoms with Gasteiger partial charge in [-0.1, -0.05) is 23.2 Å². The number of nitrogens with zero attached hydrogens (tertiary/aromatic N) is 2. The van der Waals surface area contributed by atoms with Crippen LogP contribution < -0.4 is 5.01 Å². The number of hydrazone groups is 1. The maximum Gasteiger partial charge on any atom is 0.252 e. The van der Waals surface area contributed by atoms with Crippen LogP contribution in [0.4, 0.5) is 5.69 Å². The fourth-order valence-electron chi connectivity index (χ4n) is 1.18. The molecule has 1 amide bonds. The summed E-state index contributed by atoms with van der Waals surface area (Å²) in [4.78, 5) is 11.3. The van der Waals surface area contributed by atoms with Gasteiger partial charge in [-0.2, -0.15) is 5.10 Å². The second kappa shape index (κ2) is 3.59. The third-order valence-corrected chi connectivity index (χ3v) is 2.59. The van der Waals surface area contributed by atoms with Gasteiger partial charge < -0.3 is 0 Å². The van der Waals surface area contributed by atoms with Crippen LogP contribution in [-0.2, 0) is 4.79 Å². The molecule has 0 bridgehead atoms. The highest BCUT2D eigenvalue weighted by Gasteiger charge is 2.18. The molecule has 0 aromatic heterocycles. The molecule has 3 nitrogen and oxygen atoms in total. The largest absolute Gasteiger partial charge is 0.272 e. The highest BCUT2D eigenvalue weighted by Crippen LogP contribution is 2.28. The van der Waals surface area contributed by atoms with Gasteiger partial charge in [0.15, 0.2) is 0 Å². The van der Waals surface area contributed by atoms with Crippen molar-refractivity contribution in [2.45, 2.75) is 6.42 Å². The number of carbonyl (C=O) groups excluding carboxylic acids is 1. The Morgan fingerprint density at radius 2 is 2.07 bits per heavy atom. The number of amides is 1. The van der Waals surface area contributed by atoms with Crippen LogP contribution >= 0.6 is 23.2 Å². The van der Waals surface area contributed by atoms with Gasteiger partial charge in [-0.05, 0) is 18.2 Å². The van der Waals surface area contributed by atoms with E-state index in [4.69, 9.17) is 23.2 Å². The SMILES string of the molecule is O=C1CC=NN1c1ccc(Cl)c(Cl)c1. The smallest absolute Gasteiger partial charge is 0.252 e. The molecule has 0 unspecified atom stereocenters. The Balaban J connectivity index is 2.37. The normalized spacial score (nSPS) is 15.3. The monoisotopic (exact) mass is 228 g/mol. The first-order valence-electron chi connectivity index (χ1n) is 3.99. The third-order valence-electron chi connectivity index (χ3n) is 1.85. The summed E-state index contributed by atoms with van der Waals surface area (Å²) in [6.45, 7) is 0. The summed E-state index contributed by atoms with van der Waals surface area (Å²) >= 11 is 11.6. The van der Waals surface area contributed by atoms with E-state index in [0.717, 1.165) is 0 Å². The summed E-state index contributed by atoms with van der Waals surface area (Å²) in [5, 5.41) is 6.10. The molecule has 0 atom stereocenters. The van der Waals surface area contributed by atoms with Crippen molar-refractivity contribution in [3.63, 3.8) is 0 Å². The Hall–Kier alpha value is -1.06. The lowest BCUT2D eigenvalue weighted by Gasteiger charge is -2.11. The topological polar surface area (TPSA) is 32.7 Å². The summed E-state index contributed by atoms with van der Waals surface area (Å²) < 4.78 is 0. The lowest BCUT2D eigenvalue weighted by atomic mass is 10.3. The molecular formula is C9H6Cl2N2O. The van der Waals surface area contributed by atoms with E-state index in [1.807, 2.05) is 0 Å². The van der Waals surface area contributed by atoms with Crippen molar-refractivity contribution in [1.29, 1.82) is 0 Å². The number of rotatable bonds is 1. The number of hydrogen-bond acceptors (Lipinski definition) is 2. The predicted molar refractivity (Wildman–Crippen MR) is 57.1 cm³/mol. The molecule has 0 spiro atoms. The summed E-state index contributed by atoms with van der Waals surface area (Å²) in [5.74, 6) is -0.0663. The highest BCUT2D eigenvalue weighted by molar-refractivity contribution is 6.42. The van der Waals surface area contributed by atoms with Crippen LogP contribution in [0, 0.1) is 0 Å². The Morgan fingerprint density at radius 3 is 2.64 bits per heavy atom. The van der Waals surface area contributed by atoms with Gasteiger partial charge in [-0.15, -0.1) is 0 Å². The number of halogens is 2. The zero-order chi connectivity index (χ0) is 10.1. The van der Waals surface area contributed by atoms with Crippen molar-refractivity contribution in [2.75, 3.05) is 5.01 Å². The molecule has 5 heteroatoms. The zero-order valence-corrected chi connectivity index (χ0v) is 8.59. The number of hydrogen-bond donors (Lipinski definition) is 0. The second-order valence-corrected chi connectivity index (χ2v) is 3.62. The quantitative estimate of drug-likeness (QED) is 0.728. The fraction of sp³-hybridized carbons (Fsp3) is 0.111. The summed E-state index contributed by atoms with van der Waals surface area (Å²) in [5.41, 5.74) is 0.637. The zero-order valence-electron chi connectivity index (χ0n) is 7.08. The van der Waals surface area contributed by atoms with Crippen LogP contribution in [0.3, 0.4) is 0 Å². The molecule has 0 fully saturated rings. The predicted octanol–water partition coefficient (Wildman–Crippen LogP) is 2.72. The van der Waals surface area contributed by atoms with E-state index in [9.17, 15) is 4.79 Å². The minimum atomic E-state index is -0.0663. The van der Waals surface area contributed by atoms with Crippen LogP contribution in [-0.4, -0.2) is 12.1 Å². The van der Waals surface area contributed by atoms with E-state index in [0.29, 0.717) is 22.2 Å². The molecule has 0 saturated carbocycles. The minimum Gasteiger partial charge on any atom is -0.272 e. The van der Waals surface area contributed by atoms with E-state index >= 15 is 0 Å². The molecular weight excluding hydrogens is 223 g/mol. The van der Waals surface area contributed by atoms with E-state index in [-0.39, 0.29) is 5.91 Å². The highest BCUT2D eigenvalue weighted by atomic mass is 35.5. The summed E-state index contributed by atoms with van der Waals surface area (Å²) in [6, 6.07) is 4.96. The average Bonchev–Trinajstić information content (AvgIpc) is 2.57. The van der Waals surface area contributed by atoms with Crippen molar-refractivity contribution in [3.8, 4) is 0 Å². The number of benzene rings is 1. The van der Waals surface area contributed by atoms with Crippen LogP contribution in [0.5, 0.6) is 0 Å². The lowest BCUT2D eigenvalue weighted by molar-refractivity contribution is -0.116. The van der Waals surface area contributed by atoms with Crippen LogP contribution in [0.15, 0.2) is 23.3 Å². The maximum absolute atomic E-state index is 11.3. The van der Waals surface area contributed by atoms with Gasteiger partial charge >= 0.3 is 0 Å². The Kier molecular flexibility index (Phi) is 2.44. The molecule has 72 valence electrons. The Labute approximate surface area is 90.9 Å². The van der Waals surface area contributed by atoms with Crippen molar-refractivity contribution in [1.82, 2.24) is 0 Å². The molecule has 1 aliphatic rings. The van der Waals surface area contributed by atoms with Crippen molar-refractivity contribution >= 4 is 41.0 Å². The van der Waals surface area contributed by atoms with Gasteiger partial charge in [0.2, 0.25) is 0 Å². The van der Waals surface area contributed by atoms with Gasteiger partial charge in [-0.3, -0.25) is 4.79 Å². The molecule has 0 saturated heterocycles. The standard InChI is InChI=1S/C9H6Cl2N2O/c10-7-2-1-6(5-8(7)11)13-9(14)3-4-12-13/h1-2,4-5H,3H2. The first-order chi connectivity index (χ1) is 6.68. The summed E-state index contributed by atoms with van der Waals surface area (Å²) in [7, 11) is 0. The van der Waals surface area contributed by atoms with Crippen LogP contribution in [0.2, 0.25) is 10.0 Å². The lowest BCUT2D eigenvalue weighted by Crippen LogP contribution is -2.19. The average molecular weight is 229 g/mol. The molecule has 0 N–H and O–H groups in total. The maximum atomic E-state index is 11.3. The molecule has 0 radical (unpaired) electrons. The van der Waals surface area contributed by atoms with Crippen molar-refractivity contribution < 1.29 is 4.79 Å². The fourth-order valence-corrected chi connectivity index (χ4v) is 1.47. The van der Waals surface area contributed by atoms with E-state index in [2.05, 4.69) is 5.10 Å². The molecule has 1 heterocycles. The summed E-state index contributed by atoms with van der Waals surface area (Å²) in [6.07, 6.45) is 1.89. The van der Waals surface area contributed by atoms with E-state index in [1.165, 1.54) is 5.01 Å². The van der Waals surface area contributed by atoms with Gasteiger partial charge in [0.25, 0.3) is 5.91 Å². The molecule has 1 aromatic carbocycles. The molecule has 14 heavy (non-hydrogen) atoms. The van der Waals surface area contributed by atoms with Crippen LogP contribution in [0.1, 0.15) is 6.42 Å². The minimum absolute atomic E-state index is 0.0663. The van der Waals surface area contributed by atoms with E-state index < -0.39 is 0 Å². The second-order valence-electron chi connectivity index (χ2n) is 2.81. The molecule has 2 rings (SSSR count). The first-order valence-corrected chi connectivity index (χ1v) is 4.74. The number of carbonyl (C=O) groups is 1. The van der Waals surface area contributed by atoms with Gasteiger partial charge in [0.05, 0.1) is 22.2 Å². The van der Waals surface area contributed by atoms with Crippen LogP contribution in [0.25, 0.3) is 0 Å². The van der Waals surface area contributed by atoms with E-state index in [1.54, 1.807) is 24.4 Å².